The second-order valence-electron chi connectivity index (χ2n) is 11.6. The van der Waals surface area contributed by atoms with E-state index >= 15 is 0 Å². The highest BCUT2D eigenvalue weighted by molar-refractivity contribution is 6.30. The van der Waals surface area contributed by atoms with Crippen LogP contribution >= 0.6 is 11.6 Å². The molecule has 46 heavy (non-hydrogen) atoms. The summed E-state index contributed by atoms with van der Waals surface area (Å²) in [5.74, 6) is -3.21. The number of aromatic nitrogens is 2. The van der Waals surface area contributed by atoms with Crippen LogP contribution in [-0.4, -0.2) is 87.7 Å². The first-order chi connectivity index (χ1) is 21.8. The van der Waals surface area contributed by atoms with Crippen LogP contribution in [0.4, 0.5) is 10.5 Å². The van der Waals surface area contributed by atoms with E-state index in [1.165, 1.54) is 29.6 Å². The zero-order chi connectivity index (χ0) is 34.0. The molecule has 14 nitrogen and oxygen atoms in total. The second-order valence-corrected chi connectivity index (χ2v) is 12.0. The van der Waals surface area contributed by atoms with Crippen molar-refractivity contribution in [3.05, 3.63) is 53.6 Å². The molecule has 0 spiro atoms. The van der Waals surface area contributed by atoms with Gasteiger partial charge in [-0.25, -0.2) is 9.78 Å². The van der Waals surface area contributed by atoms with Crippen LogP contribution in [0.25, 0.3) is 0 Å². The number of nitrogens with zero attached hydrogens (tertiary/aromatic N) is 3. The molecule has 5 atom stereocenters. The van der Waals surface area contributed by atoms with Crippen LogP contribution < -0.4 is 21.3 Å². The lowest BCUT2D eigenvalue weighted by Crippen LogP contribution is -2.59. The Bertz CT molecular complexity index is 1410. The summed E-state index contributed by atoms with van der Waals surface area (Å²) in [7, 11) is 0. The van der Waals surface area contributed by atoms with Gasteiger partial charge in [0.15, 0.2) is 0 Å². The number of benzene rings is 1. The predicted octanol–water partition coefficient (Wildman–Crippen LogP) is 2.34. The first-order valence-electron chi connectivity index (χ1n) is 15.0. The predicted molar refractivity (Wildman–Crippen MR) is 169 cm³/mol. The molecule has 1 fully saturated rings. The van der Waals surface area contributed by atoms with E-state index in [1.807, 2.05) is 0 Å². The Morgan fingerprint density at radius 2 is 1.76 bits per heavy atom. The minimum absolute atomic E-state index is 0.0227. The number of anilines is 1. The van der Waals surface area contributed by atoms with E-state index in [0.29, 0.717) is 23.4 Å². The lowest BCUT2D eigenvalue weighted by Gasteiger charge is -2.32. The van der Waals surface area contributed by atoms with Crippen LogP contribution in [0, 0.1) is 11.8 Å². The van der Waals surface area contributed by atoms with Gasteiger partial charge < -0.3 is 30.4 Å². The van der Waals surface area contributed by atoms with E-state index in [2.05, 4.69) is 31.2 Å². The van der Waals surface area contributed by atoms with Crippen molar-refractivity contribution >= 4 is 53.3 Å². The van der Waals surface area contributed by atoms with Gasteiger partial charge in [-0.15, -0.1) is 0 Å². The quantitative estimate of drug-likeness (QED) is 0.234. The van der Waals surface area contributed by atoms with E-state index in [0.717, 1.165) is 0 Å². The molecule has 1 aromatic heterocycles. The summed E-state index contributed by atoms with van der Waals surface area (Å²) < 4.78 is 5.57. The number of nitrogens with one attached hydrogen (secondary N) is 4. The normalized spacial score (nSPS) is 17.9. The molecule has 0 aliphatic carbocycles. The number of aldehydes is 1. The number of likely N-dealkylation sites (tertiary alicyclic amines) is 1. The van der Waals surface area contributed by atoms with E-state index in [4.69, 9.17) is 16.3 Å². The zero-order valence-electron chi connectivity index (χ0n) is 26.4. The van der Waals surface area contributed by atoms with E-state index in [1.54, 1.807) is 52.8 Å². The van der Waals surface area contributed by atoms with Crippen molar-refractivity contribution < 1.29 is 33.5 Å². The minimum Gasteiger partial charge on any atom is -0.444 e. The summed E-state index contributed by atoms with van der Waals surface area (Å²) in [6, 6.07) is 2.44. The summed E-state index contributed by atoms with van der Waals surface area (Å²) >= 11 is 5.99. The molecule has 0 saturated carbocycles. The van der Waals surface area contributed by atoms with Crippen molar-refractivity contribution in [2.75, 3.05) is 11.9 Å². The van der Waals surface area contributed by atoms with Crippen LogP contribution in [-0.2, 0) is 23.9 Å². The van der Waals surface area contributed by atoms with Gasteiger partial charge in [0.1, 0.15) is 36.2 Å². The fourth-order valence-electron chi connectivity index (χ4n) is 4.85. The second kappa shape index (κ2) is 16.6. The van der Waals surface area contributed by atoms with Crippen LogP contribution in [0.5, 0.6) is 0 Å². The topological polar surface area (TPSA) is 189 Å². The molecule has 0 unspecified atom stereocenters. The first kappa shape index (κ1) is 35.9. The Morgan fingerprint density at radius 3 is 2.35 bits per heavy atom. The van der Waals surface area contributed by atoms with E-state index in [9.17, 15) is 28.8 Å². The van der Waals surface area contributed by atoms with Crippen LogP contribution in [0.1, 0.15) is 57.9 Å². The molecule has 0 radical (unpaired) electrons. The van der Waals surface area contributed by atoms with Gasteiger partial charge >= 0.3 is 6.09 Å². The van der Waals surface area contributed by atoms with Gasteiger partial charge in [-0.3, -0.25) is 29.5 Å². The Labute approximate surface area is 272 Å². The standard InChI is InChI=1S/C31H40ClN7O7/c1-6-20(16-40)35-28(42)24-13-22(46-31(45)36-21-9-7-8-19(32)12-21)15-39(24)30(44)26(18(4)5)38-29(43)25(17(2)3)37-27(41)23-14-33-10-11-34-23/h7-12,14,16-18,20,22,24-26H,6,13,15H2,1-5H3,(H,35,42)(H,36,45)(H,37,41)(H,38,43)/t20-,22+,24-,25-,26-/m0/s1. The minimum atomic E-state index is -1.11. The molecule has 3 rings (SSSR count). The molecular weight excluding hydrogens is 618 g/mol. The molecule has 1 saturated heterocycles. The zero-order valence-corrected chi connectivity index (χ0v) is 27.1. The number of carbonyl (C=O) groups is 6. The third kappa shape index (κ3) is 9.70. The van der Waals surface area contributed by atoms with Crippen molar-refractivity contribution in [1.82, 2.24) is 30.8 Å². The number of carbonyl (C=O) groups excluding carboxylic acids is 6. The van der Waals surface area contributed by atoms with Crippen molar-refractivity contribution in [2.24, 2.45) is 11.8 Å². The maximum absolute atomic E-state index is 14.0. The maximum atomic E-state index is 14.0. The van der Waals surface area contributed by atoms with Gasteiger partial charge in [0.2, 0.25) is 17.7 Å². The fourth-order valence-corrected chi connectivity index (χ4v) is 5.04. The number of amides is 5. The third-order valence-electron chi connectivity index (χ3n) is 7.39. The smallest absolute Gasteiger partial charge is 0.411 e. The number of hydrogen-bond donors (Lipinski definition) is 4. The molecule has 2 aromatic rings. The van der Waals surface area contributed by atoms with Crippen molar-refractivity contribution in [3.63, 3.8) is 0 Å². The van der Waals surface area contributed by atoms with Crippen LogP contribution in [0.3, 0.4) is 0 Å². The van der Waals surface area contributed by atoms with Crippen LogP contribution in [0.2, 0.25) is 5.02 Å². The summed E-state index contributed by atoms with van der Waals surface area (Å²) in [6.45, 7) is 8.50. The Morgan fingerprint density at radius 1 is 1.04 bits per heavy atom. The molecule has 1 aliphatic heterocycles. The van der Waals surface area contributed by atoms with Crippen LogP contribution in [0.15, 0.2) is 42.9 Å². The molecule has 4 N–H and O–H groups in total. The number of halogens is 1. The molecule has 1 aromatic carbocycles. The highest BCUT2D eigenvalue weighted by atomic mass is 35.5. The average molecular weight is 658 g/mol. The molecule has 1 aliphatic rings. The number of ether oxygens (including phenoxy) is 1. The van der Waals surface area contributed by atoms with Gasteiger partial charge in [0, 0.05) is 29.5 Å². The summed E-state index contributed by atoms with van der Waals surface area (Å²) in [5, 5.41) is 11.0. The SMILES string of the molecule is CC[C@@H](C=O)NC(=O)[C@@H]1C[C@@H](OC(=O)Nc2cccc(Cl)c2)CN1C(=O)[C@@H](NC(=O)[C@@H](NC(=O)c1cnccn1)C(C)C)C(C)C. The molecule has 2 heterocycles. The van der Waals surface area contributed by atoms with Crippen molar-refractivity contribution in [1.29, 1.82) is 0 Å². The van der Waals surface area contributed by atoms with E-state index < -0.39 is 65.9 Å². The third-order valence-corrected chi connectivity index (χ3v) is 7.62. The Balaban J connectivity index is 1.80. The maximum Gasteiger partial charge on any atom is 0.411 e. The van der Waals surface area contributed by atoms with Gasteiger partial charge in [0.05, 0.1) is 18.8 Å². The monoisotopic (exact) mass is 657 g/mol. The average Bonchev–Trinajstić information content (AvgIpc) is 3.44. The largest absolute Gasteiger partial charge is 0.444 e. The van der Waals surface area contributed by atoms with Gasteiger partial charge in [-0.05, 0) is 36.5 Å². The highest BCUT2D eigenvalue weighted by Gasteiger charge is 2.45. The molecule has 15 heteroatoms. The summed E-state index contributed by atoms with van der Waals surface area (Å²) in [4.78, 5) is 86.8. The summed E-state index contributed by atoms with van der Waals surface area (Å²) in [6.07, 6.45) is 3.23. The lowest BCUT2D eigenvalue weighted by atomic mass is 9.98. The Kier molecular flexibility index (Phi) is 13.0. The molecule has 248 valence electrons. The van der Waals surface area contributed by atoms with E-state index in [-0.39, 0.29) is 24.6 Å². The van der Waals surface area contributed by atoms with Gasteiger partial charge in [-0.1, -0.05) is 52.3 Å². The molecule has 0 bridgehead atoms. The number of hydrogen-bond acceptors (Lipinski definition) is 9. The molecule has 5 amide bonds. The first-order valence-corrected chi connectivity index (χ1v) is 15.4. The van der Waals surface area contributed by atoms with Crippen molar-refractivity contribution in [2.45, 2.75) is 77.7 Å². The van der Waals surface area contributed by atoms with Gasteiger partial charge in [0.25, 0.3) is 5.91 Å². The Hall–Kier alpha value is -4.59. The highest BCUT2D eigenvalue weighted by Crippen LogP contribution is 2.25. The van der Waals surface area contributed by atoms with Gasteiger partial charge in [-0.2, -0.15) is 0 Å². The summed E-state index contributed by atoms with van der Waals surface area (Å²) in [5.41, 5.74) is 0.415. The van der Waals surface area contributed by atoms with Crippen molar-refractivity contribution in [3.8, 4) is 0 Å². The lowest BCUT2D eigenvalue weighted by molar-refractivity contribution is -0.143. The number of rotatable bonds is 13. The fraction of sp³-hybridized carbons (Fsp3) is 0.484. The molecular formula is C31H40ClN7O7.